The lowest BCUT2D eigenvalue weighted by molar-refractivity contribution is 0.0224. The average Bonchev–Trinajstić information content (AvgIpc) is 3.23. The molecule has 6 heteroatoms. The molecule has 0 aromatic heterocycles. The third-order valence-corrected chi connectivity index (χ3v) is 8.07. The summed E-state index contributed by atoms with van der Waals surface area (Å²) in [4.78, 5) is 15.5. The third-order valence-electron chi connectivity index (χ3n) is 7.25. The number of fused-ring (bicyclic) bond motifs is 6. The number of carbonyl (C=O) groups is 1. The molecule has 0 aliphatic carbocycles. The molecule has 186 valence electrons. The van der Waals surface area contributed by atoms with Gasteiger partial charge in [0.25, 0.3) is 0 Å². The van der Waals surface area contributed by atoms with Gasteiger partial charge in [-0.25, -0.2) is 4.79 Å². The van der Waals surface area contributed by atoms with Gasteiger partial charge in [0, 0.05) is 57.3 Å². The van der Waals surface area contributed by atoms with E-state index in [9.17, 15) is 4.79 Å². The second-order valence-corrected chi connectivity index (χ2v) is 9.96. The molecule has 4 aromatic carbocycles. The van der Waals surface area contributed by atoms with Gasteiger partial charge in [-0.1, -0.05) is 59.0 Å². The Labute approximate surface area is 230 Å². The average molecular weight is 602 g/mol. The molecule has 0 bridgehead atoms. The minimum atomic E-state index is -1.09. The number of benzene rings is 4. The molecule has 1 atom stereocenters. The lowest BCUT2D eigenvalue weighted by Gasteiger charge is -2.38. The van der Waals surface area contributed by atoms with Crippen LogP contribution in [0.25, 0.3) is 0 Å². The number of anilines is 3. The van der Waals surface area contributed by atoms with Crippen molar-refractivity contribution in [2.45, 2.75) is 23.9 Å². The van der Waals surface area contributed by atoms with Crippen molar-refractivity contribution < 1.29 is 14.3 Å². The van der Waals surface area contributed by atoms with Crippen molar-refractivity contribution in [3.05, 3.63) is 113 Å². The predicted octanol–water partition coefficient (Wildman–Crippen LogP) is 7.78. The van der Waals surface area contributed by atoms with Gasteiger partial charge in [0.2, 0.25) is 0 Å². The molecule has 1 unspecified atom stereocenters. The Morgan fingerprint density at radius 2 is 1.57 bits per heavy atom. The zero-order chi connectivity index (χ0) is 25.6. The molecule has 4 aromatic rings. The van der Waals surface area contributed by atoms with Gasteiger partial charge in [-0.3, -0.25) is 0 Å². The highest BCUT2D eigenvalue weighted by Gasteiger charge is 2.53. The summed E-state index contributed by atoms with van der Waals surface area (Å²) in [6.07, 6.45) is 0. The molecular formula is C31H27IN2O3. The summed E-state index contributed by atoms with van der Waals surface area (Å²) in [5.41, 5.74) is 6.14. The molecular weight excluding hydrogens is 575 g/mol. The number of para-hydroxylation sites is 1. The summed E-state index contributed by atoms with van der Waals surface area (Å²) < 4.78 is 13.8. The smallest absolute Gasteiger partial charge is 0.340 e. The second-order valence-electron chi connectivity index (χ2n) is 9.20. The first kappa shape index (κ1) is 23.9. The molecule has 0 radical (unpaired) electrons. The van der Waals surface area contributed by atoms with Crippen LogP contribution in [0.4, 0.5) is 17.1 Å². The molecule has 0 amide bonds. The van der Waals surface area contributed by atoms with Crippen LogP contribution in [0.3, 0.4) is 0 Å². The molecule has 0 fully saturated rings. The number of hydrogen-bond acceptors (Lipinski definition) is 5. The van der Waals surface area contributed by atoms with Gasteiger partial charge in [0.05, 0.1) is 5.56 Å². The molecule has 37 heavy (non-hydrogen) atoms. The van der Waals surface area contributed by atoms with E-state index in [1.54, 1.807) is 0 Å². The molecule has 1 N–H and O–H groups in total. The van der Waals surface area contributed by atoms with Crippen molar-refractivity contribution in [2.24, 2.45) is 0 Å². The maximum absolute atomic E-state index is 13.2. The number of nitrogens with zero attached hydrogens (tertiary/aromatic N) is 1. The fraction of sp³-hybridized carbons (Fsp3) is 0.194. The number of ether oxygens (including phenoxy) is 2. The van der Waals surface area contributed by atoms with Gasteiger partial charge in [-0.15, -0.1) is 0 Å². The number of hydrogen-bond donors (Lipinski definition) is 1. The van der Waals surface area contributed by atoms with E-state index in [1.165, 1.54) is 0 Å². The number of carbonyl (C=O) groups excluding carboxylic acids is 1. The van der Waals surface area contributed by atoms with Crippen molar-refractivity contribution in [1.29, 1.82) is 0 Å². The van der Waals surface area contributed by atoms with Crippen LogP contribution in [0.1, 0.15) is 46.5 Å². The maximum Gasteiger partial charge on any atom is 0.340 e. The van der Waals surface area contributed by atoms with Crippen LogP contribution < -0.4 is 15.0 Å². The Morgan fingerprint density at radius 1 is 0.838 bits per heavy atom. The minimum Gasteiger partial charge on any atom is -0.456 e. The number of esters is 1. The topological polar surface area (TPSA) is 50.8 Å². The largest absolute Gasteiger partial charge is 0.456 e. The predicted molar refractivity (Wildman–Crippen MR) is 156 cm³/mol. The number of halogens is 1. The molecule has 0 saturated heterocycles. The van der Waals surface area contributed by atoms with E-state index in [1.807, 2.05) is 54.6 Å². The maximum atomic E-state index is 13.2. The van der Waals surface area contributed by atoms with Crippen LogP contribution in [0.2, 0.25) is 0 Å². The molecule has 6 rings (SSSR count). The molecule has 1 spiro atoms. The van der Waals surface area contributed by atoms with E-state index in [0.717, 1.165) is 56.8 Å². The zero-order valence-electron chi connectivity index (χ0n) is 20.8. The van der Waals surface area contributed by atoms with Crippen LogP contribution in [0.15, 0.2) is 84.9 Å². The van der Waals surface area contributed by atoms with Crippen molar-refractivity contribution in [3.8, 4) is 11.5 Å². The fourth-order valence-corrected chi connectivity index (χ4v) is 6.07. The van der Waals surface area contributed by atoms with Crippen molar-refractivity contribution in [1.82, 2.24) is 0 Å². The Balaban J connectivity index is 1.60. The molecule has 0 saturated carbocycles. The van der Waals surface area contributed by atoms with Gasteiger partial charge >= 0.3 is 5.97 Å². The van der Waals surface area contributed by atoms with Gasteiger partial charge in [-0.05, 0) is 61.9 Å². The number of nitrogens with one attached hydrogen (secondary N) is 1. The first-order chi connectivity index (χ1) is 18.1. The number of alkyl halides is 1. The third kappa shape index (κ3) is 3.77. The highest BCUT2D eigenvalue weighted by Crippen LogP contribution is 2.57. The summed E-state index contributed by atoms with van der Waals surface area (Å²) >= 11 is 2.38. The Bertz CT molecular complexity index is 1500. The van der Waals surface area contributed by atoms with Crippen molar-refractivity contribution in [2.75, 3.05) is 23.3 Å². The van der Waals surface area contributed by atoms with E-state index in [4.69, 9.17) is 9.47 Å². The van der Waals surface area contributed by atoms with E-state index in [-0.39, 0.29) is 5.97 Å². The fourth-order valence-electron chi connectivity index (χ4n) is 5.44. The quantitative estimate of drug-likeness (QED) is 0.139. The van der Waals surface area contributed by atoms with Crippen LogP contribution in [-0.4, -0.2) is 19.1 Å². The highest BCUT2D eigenvalue weighted by molar-refractivity contribution is 14.1. The van der Waals surface area contributed by atoms with Gasteiger partial charge in [0.15, 0.2) is 5.60 Å². The Kier molecular flexibility index (Phi) is 6.07. The van der Waals surface area contributed by atoms with Crippen LogP contribution in [0.5, 0.6) is 11.5 Å². The lowest BCUT2D eigenvalue weighted by Crippen LogP contribution is -2.33. The SMILES string of the molecule is CCN(CC)c1ccc2c(c1)Oc1cc(CI)c(Nc3ccccc3)cc1C21OC(=O)c2ccccc21. The van der Waals surface area contributed by atoms with Crippen molar-refractivity contribution in [3.63, 3.8) is 0 Å². The molecule has 2 aliphatic rings. The first-order valence-electron chi connectivity index (χ1n) is 12.5. The zero-order valence-corrected chi connectivity index (χ0v) is 22.9. The van der Waals surface area contributed by atoms with Gasteiger partial charge in [0.1, 0.15) is 11.5 Å². The van der Waals surface area contributed by atoms with E-state index >= 15 is 0 Å². The Hall–Kier alpha value is -3.52. The summed E-state index contributed by atoms with van der Waals surface area (Å²) in [7, 11) is 0. The first-order valence-corrected chi connectivity index (χ1v) is 14.1. The van der Waals surface area contributed by atoms with E-state index in [0.29, 0.717) is 17.1 Å². The highest BCUT2D eigenvalue weighted by atomic mass is 127. The summed E-state index contributed by atoms with van der Waals surface area (Å²) in [5, 5.41) is 3.57. The second kappa shape index (κ2) is 9.41. The molecule has 2 aliphatic heterocycles. The van der Waals surface area contributed by atoms with Crippen LogP contribution in [-0.2, 0) is 14.8 Å². The van der Waals surface area contributed by atoms with Crippen molar-refractivity contribution >= 4 is 45.6 Å². The molecule has 2 heterocycles. The van der Waals surface area contributed by atoms with Crippen LogP contribution >= 0.6 is 22.6 Å². The minimum absolute atomic E-state index is 0.322. The van der Waals surface area contributed by atoms with Gasteiger partial charge < -0.3 is 19.7 Å². The Morgan fingerprint density at radius 3 is 2.32 bits per heavy atom. The van der Waals surface area contributed by atoms with E-state index < -0.39 is 5.60 Å². The lowest BCUT2D eigenvalue weighted by atomic mass is 9.77. The monoisotopic (exact) mass is 602 g/mol. The van der Waals surface area contributed by atoms with Crippen LogP contribution in [0, 0.1) is 0 Å². The summed E-state index contributed by atoms with van der Waals surface area (Å²) in [6, 6.07) is 28.2. The molecule has 5 nitrogen and oxygen atoms in total. The standard InChI is InChI=1S/C31H27IN2O3/c1-3-34(4-2)22-14-15-25-29(17-22)36-28-16-20(19-32)27(33-21-10-6-5-7-11-21)18-26(28)31(25)24-13-9-8-12-23(24)30(35)37-31/h5-18,33H,3-4,19H2,1-2H3. The van der Waals surface area contributed by atoms with E-state index in [2.05, 4.69) is 77.0 Å². The summed E-state index contributed by atoms with van der Waals surface area (Å²) in [6.45, 7) is 6.07. The summed E-state index contributed by atoms with van der Waals surface area (Å²) in [5.74, 6) is 1.10. The number of rotatable bonds is 6. The normalized spacial score (nSPS) is 16.9. The van der Waals surface area contributed by atoms with Gasteiger partial charge in [-0.2, -0.15) is 0 Å².